The van der Waals surface area contributed by atoms with Crippen molar-refractivity contribution in [3.63, 3.8) is 0 Å². The highest BCUT2D eigenvalue weighted by Gasteiger charge is 2.02. The molecule has 0 aliphatic rings. The molecule has 0 radical (unpaired) electrons. The number of rotatable bonds is 5. The Kier molecular flexibility index (Phi) is 4.23. The van der Waals surface area contributed by atoms with Crippen molar-refractivity contribution < 1.29 is 5.11 Å². The van der Waals surface area contributed by atoms with Crippen molar-refractivity contribution >= 4 is 17.3 Å². The zero-order valence-electron chi connectivity index (χ0n) is 10.2. The molecule has 1 heterocycles. The minimum absolute atomic E-state index is 0.0955. The molecule has 2 rings (SSSR count). The van der Waals surface area contributed by atoms with Crippen LogP contribution in [0, 0.1) is 6.92 Å². The maximum atomic E-state index is 8.81. The van der Waals surface area contributed by atoms with Crippen LogP contribution in [-0.2, 0) is 13.1 Å². The molecule has 5 heteroatoms. The third-order valence-corrected chi connectivity index (χ3v) is 2.95. The Hall–Kier alpha value is -1.52. The van der Waals surface area contributed by atoms with Crippen LogP contribution in [0.5, 0.6) is 0 Å². The molecule has 96 valence electrons. The molecule has 2 N–H and O–H groups in total. The number of nitrogens with one attached hydrogen (secondary N) is 1. The Labute approximate surface area is 111 Å². The summed E-state index contributed by atoms with van der Waals surface area (Å²) in [5, 5.41) is 16.9. The topological polar surface area (TPSA) is 50.1 Å². The molecule has 0 amide bonds. The van der Waals surface area contributed by atoms with Crippen LogP contribution in [0.2, 0.25) is 5.02 Å². The van der Waals surface area contributed by atoms with Crippen molar-refractivity contribution in [3.8, 4) is 0 Å². The predicted octanol–water partition coefficient (Wildman–Crippen LogP) is 2.45. The first-order valence-electron chi connectivity index (χ1n) is 5.81. The number of benzene rings is 1. The second-order valence-electron chi connectivity index (χ2n) is 4.17. The summed E-state index contributed by atoms with van der Waals surface area (Å²) in [5.41, 5.74) is 3.14. The van der Waals surface area contributed by atoms with Gasteiger partial charge in [0.25, 0.3) is 0 Å². The Bertz CT molecular complexity index is 525. The van der Waals surface area contributed by atoms with Crippen LogP contribution in [-0.4, -0.2) is 21.5 Å². The Morgan fingerprint density at radius 1 is 1.44 bits per heavy atom. The molecule has 4 nitrogen and oxygen atoms in total. The number of hydrogen-bond acceptors (Lipinski definition) is 3. The largest absolute Gasteiger partial charge is 0.394 e. The van der Waals surface area contributed by atoms with Gasteiger partial charge in [0.1, 0.15) is 0 Å². The highest BCUT2D eigenvalue weighted by atomic mass is 35.5. The molecule has 1 aromatic carbocycles. The van der Waals surface area contributed by atoms with Gasteiger partial charge in [0, 0.05) is 18.3 Å². The summed E-state index contributed by atoms with van der Waals surface area (Å²) in [5.74, 6) is 0. The monoisotopic (exact) mass is 265 g/mol. The molecule has 0 aliphatic heterocycles. The maximum absolute atomic E-state index is 8.81. The van der Waals surface area contributed by atoms with Gasteiger partial charge in [0.2, 0.25) is 0 Å². The fourth-order valence-electron chi connectivity index (χ4n) is 1.69. The van der Waals surface area contributed by atoms with E-state index < -0.39 is 0 Å². The van der Waals surface area contributed by atoms with Crippen LogP contribution < -0.4 is 5.32 Å². The fraction of sp³-hybridized carbons (Fsp3) is 0.308. The van der Waals surface area contributed by atoms with Crippen molar-refractivity contribution in [2.75, 3.05) is 11.9 Å². The number of nitrogens with zero attached hydrogens (tertiary/aromatic N) is 2. The summed E-state index contributed by atoms with van der Waals surface area (Å²) >= 11 is 6.10. The second-order valence-corrected chi connectivity index (χ2v) is 4.58. The van der Waals surface area contributed by atoms with E-state index in [0.29, 0.717) is 18.1 Å². The van der Waals surface area contributed by atoms with Gasteiger partial charge in [0.15, 0.2) is 0 Å². The average Bonchev–Trinajstić information content (AvgIpc) is 2.79. The van der Waals surface area contributed by atoms with Gasteiger partial charge in [-0.3, -0.25) is 4.68 Å². The highest BCUT2D eigenvalue weighted by Crippen LogP contribution is 2.23. The molecule has 0 fully saturated rings. The van der Waals surface area contributed by atoms with E-state index in [0.717, 1.165) is 16.8 Å². The van der Waals surface area contributed by atoms with Crippen molar-refractivity contribution in [2.24, 2.45) is 0 Å². The Balaban J connectivity index is 1.99. The van der Waals surface area contributed by atoms with Crippen LogP contribution in [0.1, 0.15) is 11.1 Å². The molecule has 0 bridgehead atoms. The molecule has 0 saturated carbocycles. The zero-order valence-corrected chi connectivity index (χ0v) is 11.0. The third kappa shape index (κ3) is 3.24. The van der Waals surface area contributed by atoms with Crippen LogP contribution >= 0.6 is 11.6 Å². The van der Waals surface area contributed by atoms with E-state index in [9.17, 15) is 0 Å². The van der Waals surface area contributed by atoms with Crippen LogP contribution in [0.4, 0.5) is 5.69 Å². The lowest BCUT2D eigenvalue weighted by Gasteiger charge is -2.07. The lowest BCUT2D eigenvalue weighted by molar-refractivity contribution is 0.269. The summed E-state index contributed by atoms with van der Waals surface area (Å²) in [6, 6.07) is 5.88. The van der Waals surface area contributed by atoms with Gasteiger partial charge in [-0.2, -0.15) is 5.10 Å². The number of aromatic nitrogens is 2. The smallest absolute Gasteiger partial charge is 0.0640 e. The van der Waals surface area contributed by atoms with Gasteiger partial charge >= 0.3 is 0 Å². The molecule has 18 heavy (non-hydrogen) atoms. The van der Waals surface area contributed by atoms with E-state index in [1.165, 1.54) is 0 Å². The van der Waals surface area contributed by atoms with Crippen molar-refractivity contribution in [1.82, 2.24) is 9.78 Å². The number of aryl methyl sites for hydroxylation is 1. The molecule has 0 spiro atoms. The molecule has 1 aromatic heterocycles. The lowest BCUT2D eigenvalue weighted by atomic mass is 10.2. The predicted molar refractivity (Wildman–Crippen MR) is 72.8 cm³/mol. The second kappa shape index (κ2) is 5.89. The minimum Gasteiger partial charge on any atom is -0.394 e. The number of halogens is 1. The van der Waals surface area contributed by atoms with E-state index in [1.54, 1.807) is 10.9 Å². The molecule has 0 unspecified atom stereocenters. The Morgan fingerprint density at radius 3 is 3.06 bits per heavy atom. The van der Waals surface area contributed by atoms with Crippen molar-refractivity contribution in [1.29, 1.82) is 0 Å². The molecule has 0 atom stereocenters. The molecule has 0 aliphatic carbocycles. The first-order valence-corrected chi connectivity index (χ1v) is 6.19. The van der Waals surface area contributed by atoms with Gasteiger partial charge < -0.3 is 10.4 Å². The Morgan fingerprint density at radius 2 is 2.28 bits per heavy atom. The number of hydrogen-bond donors (Lipinski definition) is 2. The van der Waals surface area contributed by atoms with Gasteiger partial charge in [-0.1, -0.05) is 17.7 Å². The minimum atomic E-state index is 0.0955. The van der Waals surface area contributed by atoms with E-state index >= 15 is 0 Å². The standard InChI is InChI=1S/C13H16ClN3O/c1-10-2-3-12(14)13(6-10)15-7-11-8-16-17(9-11)4-5-18/h2-3,6,8-9,15,18H,4-5,7H2,1H3. The van der Waals surface area contributed by atoms with Gasteiger partial charge in [-0.05, 0) is 24.6 Å². The summed E-state index contributed by atoms with van der Waals surface area (Å²) in [4.78, 5) is 0. The molecule has 0 saturated heterocycles. The van der Waals surface area contributed by atoms with Gasteiger partial charge in [0.05, 0.1) is 30.1 Å². The van der Waals surface area contributed by atoms with E-state index in [2.05, 4.69) is 10.4 Å². The van der Waals surface area contributed by atoms with Crippen molar-refractivity contribution in [2.45, 2.75) is 20.0 Å². The van der Waals surface area contributed by atoms with Gasteiger partial charge in [-0.15, -0.1) is 0 Å². The lowest BCUT2D eigenvalue weighted by Crippen LogP contribution is -2.02. The van der Waals surface area contributed by atoms with E-state index in [-0.39, 0.29) is 6.61 Å². The average molecular weight is 266 g/mol. The first kappa shape index (κ1) is 12.9. The van der Waals surface area contributed by atoms with Crippen LogP contribution in [0.15, 0.2) is 30.6 Å². The van der Waals surface area contributed by atoms with Crippen LogP contribution in [0.3, 0.4) is 0 Å². The number of aliphatic hydroxyl groups is 1. The third-order valence-electron chi connectivity index (χ3n) is 2.62. The number of aliphatic hydroxyl groups excluding tert-OH is 1. The quantitative estimate of drug-likeness (QED) is 0.873. The van der Waals surface area contributed by atoms with E-state index in [4.69, 9.17) is 16.7 Å². The first-order chi connectivity index (χ1) is 8.69. The summed E-state index contributed by atoms with van der Waals surface area (Å²) < 4.78 is 1.72. The molecular weight excluding hydrogens is 250 g/mol. The molecule has 2 aromatic rings. The van der Waals surface area contributed by atoms with Gasteiger partial charge in [-0.25, -0.2) is 0 Å². The highest BCUT2D eigenvalue weighted by molar-refractivity contribution is 6.33. The maximum Gasteiger partial charge on any atom is 0.0640 e. The van der Waals surface area contributed by atoms with E-state index in [1.807, 2.05) is 31.3 Å². The number of anilines is 1. The normalized spacial score (nSPS) is 10.6. The summed E-state index contributed by atoms with van der Waals surface area (Å²) in [6.45, 7) is 3.30. The van der Waals surface area contributed by atoms with Crippen LogP contribution in [0.25, 0.3) is 0 Å². The summed E-state index contributed by atoms with van der Waals surface area (Å²) in [6.07, 6.45) is 3.69. The molecular formula is C13H16ClN3O. The summed E-state index contributed by atoms with van der Waals surface area (Å²) in [7, 11) is 0. The van der Waals surface area contributed by atoms with Crippen molar-refractivity contribution in [3.05, 3.63) is 46.7 Å². The zero-order chi connectivity index (χ0) is 13.0. The fourth-order valence-corrected chi connectivity index (χ4v) is 1.88. The SMILES string of the molecule is Cc1ccc(Cl)c(NCc2cnn(CCO)c2)c1.